The number of aryl methyl sites for hydroxylation is 1. The van der Waals surface area contributed by atoms with E-state index in [4.69, 9.17) is 9.47 Å². The molecule has 0 unspecified atom stereocenters. The van der Waals surface area contributed by atoms with E-state index < -0.39 is 0 Å². The first-order valence-electron chi connectivity index (χ1n) is 10.4. The first-order valence-corrected chi connectivity index (χ1v) is 11.4. The van der Waals surface area contributed by atoms with Gasteiger partial charge in [-0.2, -0.15) is 0 Å². The Morgan fingerprint density at radius 2 is 1.78 bits per heavy atom. The van der Waals surface area contributed by atoms with Crippen molar-refractivity contribution in [3.8, 4) is 11.5 Å². The molecule has 32 heavy (non-hydrogen) atoms. The first-order chi connectivity index (χ1) is 15.5. The molecule has 0 aliphatic rings. The second-order valence-electron chi connectivity index (χ2n) is 7.33. The SMILES string of the molecule is CCn1c(COc2ccccc2OC)nnc1SCC(=O)c1c(C)n(C)c2ccccc12. The molecule has 0 aliphatic carbocycles. The number of fused-ring (bicyclic) bond motifs is 1. The van der Waals surface area contributed by atoms with E-state index in [1.807, 2.05) is 74.0 Å². The van der Waals surface area contributed by atoms with Crippen LogP contribution in [0.4, 0.5) is 0 Å². The molecule has 0 amide bonds. The lowest BCUT2D eigenvalue weighted by Gasteiger charge is -2.11. The van der Waals surface area contributed by atoms with Crippen molar-refractivity contribution in [1.29, 1.82) is 0 Å². The van der Waals surface area contributed by atoms with E-state index in [9.17, 15) is 4.79 Å². The van der Waals surface area contributed by atoms with Crippen molar-refractivity contribution in [2.75, 3.05) is 12.9 Å². The largest absolute Gasteiger partial charge is 0.493 e. The molecule has 0 N–H and O–H groups in total. The zero-order valence-corrected chi connectivity index (χ0v) is 19.5. The lowest BCUT2D eigenvalue weighted by atomic mass is 10.1. The van der Waals surface area contributed by atoms with Gasteiger partial charge in [0, 0.05) is 35.8 Å². The maximum atomic E-state index is 13.1. The fourth-order valence-corrected chi connectivity index (χ4v) is 4.70. The number of hydrogen-bond donors (Lipinski definition) is 0. The molecule has 0 spiro atoms. The zero-order valence-electron chi connectivity index (χ0n) is 18.7. The summed E-state index contributed by atoms with van der Waals surface area (Å²) in [7, 11) is 3.60. The minimum absolute atomic E-state index is 0.0850. The molecule has 0 fully saturated rings. The van der Waals surface area contributed by atoms with E-state index >= 15 is 0 Å². The molecular formula is C24H26N4O3S. The number of Topliss-reactive ketones (excluding diaryl/α,β-unsaturated/α-hetero) is 1. The number of para-hydroxylation sites is 3. The average Bonchev–Trinajstić information content (AvgIpc) is 3.34. The number of carbonyl (C=O) groups is 1. The lowest BCUT2D eigenvalue weighted by Crippen LogP contribution is -2.09. The minimum Gasteiger partial charge on any atom is -0.493 e. The summed E-state index contributed by atoms with van der Waals surface area (Å²) in [6, 6.07) is 15.5. The van der Waals surface area contributed by atoms with Crippen molar-refractivity contribution in [2.24, 2.45) is 7.05 Å². The molecule has 8 heteroatoms. The van der Waals surface area contributed by atoms with E-state index in [2.05, 4.69) is 14.8 Å². The summed E-state index contributed by atoms with van der Waals surface area (Å²) in [6.07, 6.45) is 0. The van der Waals surface area contributed by atoms with Crippen LogP contribution in [0.1, 0.15) is 28.8 Å². The maximum Gasteiger partial charge on any atom is 0.191 e. The highest BCUT2D eigenvalue weighted by Crippen LogP contribution is 2.29. The summed E-state index contributed by atoms with van der Waals surface area (Å²) >= 11 is 1.40. The molecule has 0 aliphatic heterocycles. The van der Waals surface area contributed by atoms with Gasteiger partial charge in [-0.15, -0.1) is 10.2 Å². The van der Waals surface area contributed by atoms with Crippen molar-refractivity contribution in [2.45, 2.75) is 32.2 Å². The van der Waals surface area contributed by atoms with Gasteiger partial charge in [-0.25, -0.2) is 0 Å². The van der Waals surface area contributed by atoms with E-state index in [0.29, 0.717) is 34.8 Å². The van der Waals surface area contributed by atoms with Gasteiger partial charge in [0.1, 0.15) is 6.61 Å². The molecule has 2 aromatic heterocycles. The van der Waals surface area contributed by atoms with E-state index in [-0.39, 0.29) is 12.4 Å². The molecular weight excluding hydrogens is 424 g/mol. The third-order valence-electron chi connectivity index (χ3n) is 5.55. The number of methoxy groups -OCH3 is 1. The predicted molar refractivity (Wildman–Crippen MR) is 126 cm³/mol. The highest BCUT2D eigenvalue weighted by molar-refractivity contribution is 7.99. The van der Waals surface area contributed by atoms with Gasteiger partial charge in [-0.05, 0) is 32.0 Å². The number of nitrogens with zero attached hydrogens (tertiary/aromatic N) is 4. The van der Waals surface area contributed by atoms with E-state index in [0.717, 1.165) is 22.2 Å². The molecule has 4 rings (SSSR count). The van der Waals surface area contributed by atoms with Crippen molar-refractivity contribution in [3.63, 3.8) is 0 Å². The number of carbonyl (C=O) groups excluding carboxylic acids is 1. The average molecular weight is 451 g/mol. The van der Waals surface area contributed by atoms with Crippen LogP contribution >= 0.6 is 11.8 Å². The molecule has 7 nitrogen and oxygen atoms in total. The zero-order chi connectivity index (χ0) is 22.7. The summed E-state index contributed by atoms with van der Waals surface area (Å²) in [4.78, 5) is 13.1. The Morgan fingerprint density at radius 3 is 2.53 bits per heavy atom. The van der Waals surface area contributed by atoms with E-state index in [1.54, 1.807) is 7.11 Å². The van der Waals surface area contributed by atoms with Crippen LogP contribution in [-0.4, -0.2) is 38.0 Å². The number of ether oxygens (including phenoxy) is 2. The van der Waals surface area contributed by atoms with Crippen LogP contribution in [0.25, 0.3) is 10.9 Å². The summed E-state index contributed by atoms with van der Waals surface area (Å²) in [5.41, 5.74) is 2.81. The van der Waals surface area contributed by atoms with Crippen molar-refractivity contribution in [1.82, 2.24) is 19.3 Å². The number of benzene rings is 2. The Labute approximate surface area is 191 Å². The number of rotatable bonds is 9. The molecule has 166 valence electrons. The Hall–Kier alpha value is -3.26. The monoisotopic (exact) mass is 450 g/mol. The first kappa shape index (κ1) is 22.0. The summed E-state index contributed by atoms with van der Waals surface area (Å²) < 4.78 is 15.3. The highest BCUT2D eigenvalue weighted by Gasteiger charge is 2.20. The van der Waals surface area contributed by atoms with Crippen LogP contribution < -0.4 is 9.47 Å². The lowest BCUT2D eigenvalue weighted by molar-refractivity contribution is 0.102. The fourth-order valence-electron chi connectivity index (χ4n) is 3.81. The third kappa shape index (κ3) is 4.10. The van der Waals surface area contributed by atoms with Gasteiger partial charge in [0.15, 0.2) is 28.3 Å². The van der Waals surface area contributed by atoms with E-state index in [1.165, 1.54) is 11.8 Å². The topological polar surface area (TPSA) is 71.2 Å². The summed E-state index contributed by atoms with van der Waals surface area (Å²) in [6.45, 7) is 4.95. The number of thioether (sulfide) groups is 1. The molecule has 0 atom stereocenters. The molecule has 0 bridgehead atoms. The standard InChI is InChI=1S/C24H26N4O3S/c1-5-28-22(14-31-21-13-9-8-12-20(21)30-4)25-26-24(28)32-15-19(29)23-16(2)27(3)18-11-7-6-10-17(18)23/h6-13H,5,14-15H2,1-4H3. The number of ketones is 1. The third-order valence-corrected chi connectivity index (χ3v) is 6.51. The Kier molecular flexibility index (Phi) is 6.50. The van der Waals surface area contributed by atoms with Crippen molar-refractivity contribution >= 4 is 28.4 Å². The Bertz CT molecular complexity index is 1260. The number of hydrogen-bond acceptors (Lipinski definition) is 6. The smallest absolute Gasteiger partial charge is 0.191 e. The quantitative estimate of drug-likeness (QED) is 0.273. The second kappa shape index (κ2) is 9.48. The summed E-state index contributed by atoms with van der Waals surface area (Å²) in [5.74, 6) is 2.40. The van der Waals surface area contributed by atoms with Crippen molar-refractivity contribution in [3.05, 3.63) is 65.6 Å². The van der Waals surface area contributed by atoms with Gasteiger partial charge in [-0.1, -0.05) is 42.1 Å². The van der Waals surface area contributed by atoms with Crippen LogP contribution in [0.2, 0.25) is 0 Å². The molecule has 2 heterocycles. The van der Waals surface area contributed by atoms with Gasteiger partial charge in [0.05, 0.1) is 12.9 Å². The van der Waals surface area contributed by atoms with Crippen LogP contribution in [0, 0.1) is 6.92 Å². The molecule has 4 aromatic rings. The van der Waals surface area contributed by atoms with Crippen LogP contribution in [0.5, 0.6) is 11.5 Å². The van der Waals surface area contributed by atoms with Gasteiger partial charge in [-0.3, -0.25) is 4.79 Å². The van der Waals surface area contributed by atoms with Crippen LogP contribution in [0.15, 0.2) is 53.7 Å². The Morgan fingerprint density at radius 1 is 1.06 bits per heavy atom. The van der Waals surface area contributed by atoms with Gasteiger partial charge >= 0.3 is 0 Å². The van der Waals surface area contributed by atoms with Gasteiger partial charge < -0.3 is 18.6 Å². The normalized spacial score (nSPS) is 11.1. The van der Waals surface area contributed by atoms with Gasteiger partial charge in [0.25, 0.3) is 0 Å². The molecule has 0 radical (unpaired) electrons. The molecule has 2 aromatic carbocycles. The van der Waals surface area contributed by atoms with Crippen molar-refractivity contribution < 1.29 is 14.3 Å². The molecule has 0 saturated heterocycles. The fraction of sp³-hybridized carbons (Fsp3) is 0.292. The molecule has 0 saturated carbocycles. The van der Waals surface area contributed by atoms with Crippen LogP contribution in [0.3, 0.4) is 0 Å². The second-order valence-corrected chi connectivity index (χ2v) is 8.27. The summed E-state index contributed by atoms with van der Waals surface area (Å²) in [5, 5.41) is 10.3. The number of aromatic nitrogens is 4. The Balaban J connectivity index is 1.48. The van der Waals surface area contributed by atoms with Crippen LogP contribution in [-0.2, 0) is 20.2 Å². The minimum atomic E-state index is 0.0850. The predicted octanol–water partition coefficient (Wildman–Crippen LogP) is 4.66. The maximum absolute atomic E-state index is 13.1. The van der Waals surface area contributed by atoms with Gasteiger partial charge in [0.2, 0.25) is 0 Å². The highest BCUT2D eigenvalue weighted by atomic mass is 32.2.